The number of aromatic nitrogens is 2. The maximum Gasteiger partial charge on any atom is 0.480 e. The average molecular weight is 652 g/mol. The van der Waals surface area contributed by atoms with Crippen LogP contribution in [0.5, 0.6) is 5.75 Å². The van der Waals surface area contributed by atoms with E-state index in [1.165, 1.54) is 31.6 Å². The van der Waals surface area contributed by atoms with Crippen molar-refractivity contribution >= 4 is 10.0 Å². The molecule has 32 heavy (non-hydrogen) atoms. The molecule has 0 atom stereocenters. The average Bonchev–Trinajstić information content (AvgIpc) is 2.73. The molecule has 0 spiro atoms. The molecular formula is C19H14F5IrN3O3S-2. The van der Waals surface area contributed by atoms with E-state index in [2.05, 4.69) is 20.8 Å². The molecule has 175 valence electrons. The maximum atomic E-state index is 13.4. The number of alkyl halides is 3. The third-order valence-corrected chi connectivity index (χ3v) is 4.55. The van der Waals surface area contributed by atoms with E-state index in [0.29, 0.717) is 11.4 Å². The van der Waals surface area contributed by atoms with E-state index in [1.54, 1.807) is 18.2 Å². The zero-order chi connectivity index (χ0) is 23.1. The van der Waals surface area contributed by atoms with E-state index in [4.69, 9.17) is 4.74 Å². The Kier molecular flexibility index (Phi) is 10.3. The normalized spacial score (nSPS) is 11.1. The van der Waals surface area contributed by atoms with E-state index >= 15 is 0 Å². The van der Waals surface area contributed by atoms with Crippen LogP contribution in [-0.4, -0.2) is 31.0 Å². The minimum Gasteiger partial charge on any atom is -0.536 e. The minimum atomic E-state index is -5.41. The number of hydrogen-bond acceptors (Lipinski definition) is 5. The molecule has 3 rings (SSSR count). The summed E-state index contributed by atoms with van der Waals surface area (Å²) in [5.74, 6) is -0.799. The zero-order valence-corrected chi connectivity index (χ0v) is 19.3. The van der Waals surface area contributed by atoms with Gasteiger partial charge in [-0.15, -0.1) is 12.1 Å². The van der Waals surface area contributed by atoms with Gasteiger partial charge >= 0.3 is 5.51 Å². The number of ether oxygens (including phenoxy) is 1. The number of nitrogens with zero attached hydrogens (tertiary/aromatic N) is 3. The molecule has 0 saturated carbocycles. The van der Waals surface area contributed by atoms with Gasteiger partial charge in [0.05, 0.1) is 7.11 Å². The molecule has 0 amide bonds. The molecule has 13 heteroatoms. The number of hydrogen-bond donors (Lipinski definition) is 0. The first-order chi connectivity index (χ1) is 14.5. The fraction of sp³-hybridized carbons (Fsp3) is 0.158. The quantitative estimate of drug-likeness (QED) is 0.297. The molecule has 3 aromatic rings. The Morgan fingerprint density at radius 1 is 1.09 bits per heavy atom. The molecule has 6 nitrogen and oxygen atoms in total. The molecule has 0 saturated heterocycles. The number of pyridine rings is 2. The van der Waals surface area contributed by atoms with Gasteiger partial charge < -0.3 is 14.4 Å². The van der Waals surface area contributed by atoms with Crippen molar-refractivity contribution < 1.29 is 55.2 Å². The number of sulfonamides is 1. The second-order valence-corrected chi connectivity index (χ2v) is 7.32. The molecule has 1 aromatic carbocycles. The smallest absolute Gasteiger partial charge is 0.480 e. The van der Waals surface area contributed by atoms with Crippen LogP contribution in [0.2, 0.25) is 0 Å². The second kappa shape index (κ2) is 12.0. The summed E-state index contributed by atoms with van der Waals surface area (Å²) < 4.78 is 90.2. The van der Waals surface area contributed by atoms with Crippen LogP contribution in [0.15, 0.2) is 54.9 Å². The Hall–Kier alpha value is -2.47. The first-order valence-electron chi connectivity index (χ1n) is 8.30. The molecule has 0 unspecified atom stereocenters. The topological polar surface area (TPSA) is 83.2 Å². The Bertz CT molecular complexity index is 1120. The summed E-state index contributed by atoms with van der Waals surface area (Å²) in [7, 11) is -3.91. The SMILES string of the molecule is COc1ccnc(-c2[c-]cc(F)cc2F)c1.O=S(=O)([N-]Cc1ccccn1)C(F)(F)F.[Ir]. The third-order valence-electron chi connectivity index (χ3n) is 3.50. The van der Waals surface area contributed by atoms with Gasteiger partial charge in [0.15, 0.2) is 10.0 Å². The standard InChI is InChI=1S/C12H8F2NO.C7H6F3N2O2S.Ir/c1-16-9-4-5-15-12(7-9)10-3-2-8(13)6-11(10)14;8-7(9,10)15(13,14)12-5-6-3-1-2-4-11-6;/h2,4-7H,1H3;1-4H,5H2;/q2*-1;. The first-order valence-corrected chi connectivity index (χ1v) is 9.74. The second-order valence-electron chi connectivity index (χ2n) is 5.65. The van der Waals surface area contributed by atoms with Crippen molar-refractivity contribution in [3.63, 3.8) is 0 Å². The summed E-state index contributed by atoms with van der Waals surface area (Å²) in [4.78, 5) is 7.61. The van der Waals surface area contributed by atoms with Crippen LogP contribution in [0, 0.1) is 17.7 Å². The van der Waals surface area contributed by atoms with Gasteiger partial charge in [0.25, 0.3) is 0 Å². The predicted molar refractivity (Wildman–Crippen MR) is 101 cm³/mol. The van der Waals surface area contributed by atoms with Gasteiger partial charge in [0.1, 0.15) is 5.75 Å². The van der Waals surface area contributed by atoms with Crippen LogP contribution in [0.1, 0.15) is 5.69 Å². The number of halogens is 5. The van der Waals surface area contributed by atoms with Crippen LogP contribution < -0.4 is 4.74 Å². The fourth-order valence-corrected chi connectivity index (χ4v) is 2.48. The van der Waals surface area contributed by atoms with E-state index < -0.39 is 33.7 Å². The molecule has 0 aliphatic carbocycles. The van der Waals surface area contributed by atoms with Gasteiger partial charge in [-0.25, -0.2) is 8.42 Å². The summed E-state index contributed by atoms with van der Waals surface area (Å²) in [6.45, 7) is -0.608. The Morgan fingerprint density at radius 2 is 1.81 bits per heavy atom. The van der Waals surface area contributed by atoms with Crippen LogP contribution in [0.25, 0.3) is 16.0 Å². The number of methoxy groups -OCH3 is 1. The molecular weight excluding hydrogens is 638 g/mol. The van der Waals surface area contributed by atoms with Crippen LogP contribution in [0.3, 0.4) is 0 Å². The van der Waals surface area contributed by atoms with Crippen molar-refractivity contribution in [2.24, 2.45) is 0 Å². The molecule has 0 aliphatic heterocycles. The molecule has 2 aromatic heterocycles. The van der Waals surface area contributed by atoms with Gasteiger partial charge in [0, 0.05) is 49.8 Å². The van der Waals surface area contributed by atoms with Gasteiger partial charge in [-0.05, 0) is 30.0 Å². The number of rotatable bonds is 5. The van der Waals surface area contributed by atoms with Crippen LogP contribution in [0.4, 0.5) is 22.0 Å². The summed E-state index contributed by atoms with van der Waals surface area (Å²) in [6, 6.07) is 12.0. The predicted octanol–water partition coefficient (Wildman–Crippen LogP) is 4.64. The van der Waals surface area contributed by atoms with E-state index in [9.17, 15) is 30.4 Å². The summed E-state index contributed by atoms with van der Waals surface area (Å²) >= 11 is 0. The van der Waals surface area contributed by atoms with Crippen molar-refractivity contribution in [1.82, 2.24) is 9.97 Å². The van der Waals surface area contributed by atoms with Gasteiger partial charge in [-0.2, -0.15) is 13.2 Å². The molecule has 0 N–H and O–H groups in total. The van der Waals surface area contributed by atoms with E-state index in [1.807, 2.05) is 0 Å². The van der Waals surface area contributed by atoms with Crippen LogP contribution >= 0.6 is 0 Å². The van der Waals surface area contributed by atoms with Crippen molar-refractivity contribution in [3.05, 3.63) is 83.0 Å². The van der Waals surface area contributed by atoms with Crippen molar-refractivity contribution in [1.29, 1.82) is 0 Å². The number of benzene rings is 1. The largest absolute Gasteiger partial charge is 0.536 e. The molecule has 1 radical (unpaired) electrons. The molecule has 2 heterocycles. The van der Waals surface area contributed by atoms with Gasteiger partial charge in [0.2, 0.25) is 0 Å². The van der Waals surface area contributed by atoms with Gasteiger partial charge in [-0.3, -0.25) is 13.8 Å². The molecule has 0 aliphatic rings. The third kappa shape index (κ3) is 7.90. The minimum absolute atomic E-state index is 0. The summed E-state index contributed by atoms with van der Waals surface area (Å²) in [6.07, 6.45) is 2.83. The Morgan fingerprint density at radius 3 is 2.38 bits per heavy atom. The van der Waals surface area contributed by atoms with E-state index in [0.717, 1.165) is 12.1 Å². The van der Waals surface area contributed by atoms with Crippen LogP contribution in [-0.2, 0) is 36.7 Å². The van der Waals surface area contributed by atoms with E-state index in [-0.39, 0.29) is 31.4 Å². The zero-order valence-electron chi connectivity index (χ0n) is 16.1. The first kappa shape index (κ1) is 27.6. The van der Waals surface area contributed by atoms with Crippen molar-refractivity contribution in [2.75, 3.05) is 7.11 Å². The fourth-order valence-electron chi connectivity index (χ4n) is 2.03. The molecule has 0 bridgehead atoms. The Balaban J connectivity index is 0.000000311. The van der Waals surface area contributed by atoms with Crippen molar-refractivity contribution in [3.8, 4) is 17.0 Å². The monoisotopic (exact) mass is 652 g/mol. The Labute approximate surface area is 194 Å². The van der Waals surface area contributed by atoms with Gasteiger partial charge in [-0.1, -0.05) is 24.2 Å². The van der Waals surface area contributed by atoms with Crippen molar-refractivity contribution in [2.45, 2.75) is 12.1 Å². The molecule has 0 fully saturated rings. The summed E-state index contributed by atoms with van der Waals surface area (Å²) in [5, 5.41) is 0. The maximum absolute atomic E-state index is 13.4. The summed E-state index contributed by atoms with van der Waals surface area (Å²) in [5.41, 5.74) is -4.70.